The first-order valence-electron chi connectivity index (χ1n) is 6.87. The fraction of sp³-hybridized carbons (Fsp3) is 0.467. The highest BCUT2D eigenvalue weighted by Crippen LogP contribution is 2.13. The Kier molecular flexibility index (Phi) is 6.68. The molecule has 6 nitrogen and oxygen atoms in total. The molecule has 1 rings (SSSR count). The van der Waals surface area contributed by atoms with Crippen LogP contribution in [0.15, 0.2) is 24.3 Å². The van der Waals surface area contributed by atoms with E-state index in [1.54, 1.807) is 14.0 Å². The molecule has 116 valence electrons. The summed E-state index contributed by atoms with van der Waals surface area (Å²) in [6.45, 7) is 4.54. The molecule has 1 amide bonds. The predicted octanol–water partition coefficient (Wildman–Crippen LogP) is 0.934. The van der Waals surface area contributed by atoms with E-state index in [9.17, 15) is 9.59 Å². The van der Waals surface area contributed by atoms with E-state index in [0.717, 1.165) is 11.3 Å². The van der Waals surface area contributed by atoms with Gasteiger partial charge in [-0.2, -0.15) is 0 Å². The summed E-state index contributed by atoms with van der Waals surface area (Å²) >= 11 is 0. The first-order valence-corrected chi connectivity index (χ1v) is 6.87. The van der Waals surface area contributed by atoms with Crippen molar-refractivity contribution in [3.8, 4) is 5.75 Å². The molecule has 0 bridgehead atoms. The summed E-state index contributed by atoms with van der Waals surface area (Å²) in [5, 5.41) is 0. The van der Waals surface area contributed by atoms with E-state index in [0.29, 0.717) is 13.1 Å². The molecule has 0 aromatic heterocycles. The summed E-state index contributed by atoms with van der Waals surface area (Å²) in [6, 6.07) is 6.09. The van der Waals surface area contributed by atoms with Crippen molar-refractivity contribution >= 4 is 11.9 Å². The number of benzene rings is 1. The maximum absolute atomic E-state index is 12.2. The number of carbonyl (C=O) groups is 2. The molecule has 0 fully saturated rings. The third-order valence-electron chi connectivity index (χ3n) is 3.03. The minimum atomic E-state index is -1.27. The van der Waals surface area contributed by atoms with E-state index >= 15 is 0 Å². The number of amides is 1. The van der Waals surface area contributed by atoms with Gasteiger partial charge in [-0.25, -0.2) is 4.79 Å². The maximum Gasteiger partial charge on any atom is 0.332 e. The summed E-state index contributed by atoms with van der Waals surface area (Å²) in [5.41, 5.74) is 6.57. The van der Waals surface area contributed by atoms with Crippen LogP contribution in [0.1, 0.15) is 19.4 Å². The maximum atomic E-state index is 12.2. The fourth-order valence-corrected chi connectivity index (χ4v) is 1.83. The normalized spacial score (nSPS) is 11.6. The van der Waals surface area contributed by atoms with Crippen molar-refractivity contribution in [2.75, 3.05) is 20.3 Å². The van der Waals surface area contributed by atoms with E-state index in [4.69, 9.17) is 15.2 Å². The molecule has 0 saturated heterocycles. The molecule has 1 aromatic carbocycles. The molecular weight excluding hydrogens is 272 g/mol. The van der Waals surface area contributed by atoms with Crippen molar-refractivity contribution in [1.82, 2.24) is 4.90 Å². The molecule has 21 heavy (non-hydrogen) atoms. The van der Waals surface area contributed by atoms with E-state index in [-0.39, 0.29) is 6.61 Å². The van der Waals surface area contributed by atoms with Crippen LogP contribution in [0.3, 0.4) is 0 Å². The number of hydrogen-bond acceptors (Lipinski definition) is 5. The molecule has 0 heterocycles. The second-order valence-corrected chi connectivity index (χ2v) is 4.43. The lowest BCUT2D eigenvalue weighted by Gasteiger charge is -2.23. The number of carbonyl (C=O) groups excluding carboxylic acids is 2. The van der Waals surface area contributed by atoms with Gasteiger partial charge in [-0.1, -0.05) is 12.1 Å². The Balaban J connectivity index is 2.72. The fourth-order valence-electron chi connectivity index (χ4n) is 1.83. The second-order valence-electron chi connectivity index (χ2n) is 4.43. The van der Waals surface area contributed by atoms with Gasteiger partial charge in [0.15, 0.2) is 6.04 Å². The van der Waals surface area contributed by atoms with Crippen molar-refractivity contribution < 1.29 is 19.1 Å². The van der Waals surface area contributed by atoms with Gasteiger partial charge in [0.25, 0.3) is 5.91 Å². The third-order valence-corrected chi connectivity index (χ3v) is 3.03. The van der Waals surface area contributed by atoms with Gasteiger partial charge in [0.1, 0.15) is 5.75 Å². The number of hydrogen-bond donors (Lipinski definition) is 1. The average Bonchev–Trinajstić information content (AvgIpc) is 2.52. The Morgan fingerprint density at radius 3 is 2.33 bits per heavy atom. The van der Waals surface area contributed by atoms with Crippen LogP contribution >= 0.6 is 0 Å². The second kappa shape index (κ2) is 8.26. The highest BCUT2D eigenvalue weighted by molar-refractivity contribution is 6.01. The van der Waals surface area contributed by atoms with Crippen molar-refractivity contribution in [3.05, 3.63) is 29.8 Å². The van der Waals surface area contributed by atoms with Crippen LogP contribution in [0.2, 0.25) is 0 Å². The van der Waals surface area contributed by atoms with Gasteiger partial charge in [-0.3, -0.25) is 4.79 Å². The van der Waals surface area contributed by atoms with E-state index in [1.807, 2.05) is 31.2 Å². The summed E-state index contributed by atoms with van der Waals surface area (Å²) in [6.07, 6.45) is 0. The number of methoxy groups -OCH3 is 1. The molecule has 1 atom stereocenters. The Morgan fingerprint density at radius 2 is 1.86 bits per heavy atom. The van der Waals surface area contributed by atoms with Gasteiger partial charge in [-0.15, -0.1) is 0 Å². The van der Waals surface area contributed by atoms with Crippen LogP contribution in [0.4, 0.5) is 0 Å². The predicted molar refractivity (Wildman–Crippen MR) is 78.7 cm³/mol. The van der Waals surface area contributed by atoms with Crippen molar-refractivity contribution in [1.29, 1.82) is 0 Å². The van der Waals surface area contributed by atoms with E-state index in [2.05, 4.69) is 0 Å². The molecule has 0 spiro atoms. The molecule has 1 unspecified atom stereocenters. The van der Waals surface area contributed by atoms with Gasteiger partial charge >= 0.3 is 5.97 Å². The highest BCUT2D eigenvalue weighted by atomic mass is 16.5. The van der Waals surface area contributed by atoms with Crippen LogP contribution in [0, 0.1) is 0 Å². The van der Waals surface area contributed by atoms with Crippen LogP contribution in [-0.2, 0) is 20.9 Å². The standard InChI is InChI=1S/C15H22N2O4/c1-4-17(14(18)13(16)15(19)21-5-2)10-11-6-8-12(20-3)9-7-11/h6-9,13H,4-5,10,16H2,1-3H3. The zero-order valence-corrected chi connectivity index (χ0v) is 12.7. The van der Waals surface area contributed by atoms with Crippen LogP contribution in [-0.4, -0.2) is 43.1 Å². The van der Waals surface area contributed by atoms with Gasteiger partial charge < -0.3 is 20.1 Å². The molecule has 0 aliphatic heterocycles. The van der Waals surface area contributed by atoms with E-state index in [1.165, 1.54) is 4.90 Å². The largest absolute Gasteiger partial charge is 0.497 e. The van der Waals surface area contributed by atoms with Crippen LogP contribution in [0.25, 0.3) is 0 Å². The van der Waals surface area contributed by atoms with Gasteiger partial charge in [0.05, 0.1) is 13.7 Å². The lowest BCUT2D eigenvalue weighted by Crippen LogP contribution is -2.48. The number of rotatable bonds is 7. The Bertz CT molecular complexity index is 473. The third kappa shape index (κ3) is 4.75. The minimum Gasteiger partial charge on any atom is -0.497 e. The number of nitrogens with two attached hydrogens (primary N) is 1. The van der Waals surface area contributed by atoms with Crippen molar-refractivity contribution in [2.24, 2.45) is 5.73 Å². The molecule has 0 saturated carbocycles. The molecule has 2 N–H and O–H groups in total. The summed E-state index contributed by atoms with van der Waals surface area (Å²) in [5.74, 6) is -0.390. The lowest BCUT2D eigenvalue weighted by molar-refractivity contribution is -0.151. The topological polar surface area (TPSA) is 81.9 Å². The minimum absolute atomic E-state index is 0.199. The highest BCUT2D eigenvalue weighted by Gasteiger charge is 2.27. The molecule has 0 aliphatic rings. The number of nitrogens with zero attached hydrogens (tertiary/aromatic N) is 1. The number of ether oxygens (including phenoxy) is 2. The van der Waals surface area contributed by atoms with Crippen LogP contribution < -0.4 is 10.5 Å². The van der Waals surface area contributed by atoms with Crippen LogP contribution in [0.5, 0.6) is 5.75 Å². The van der Waals surface area contributed by atoms with Gasteiger partial charge in [0, 0.05) is 13.1 Å². The summed E-state index contributed by atoms with van der Waals surface area (Å²) < 4.78 is 9.85. The average molecular weight is 294 g/mol. The van der Waals surface area contributed by atoms with Crippen molar-refractivity contribution in [2.45, 2.75) is 26.4 Å². The molecule has 0 radical (unpaired) electrons. The van der Waals surface area contributed by atoms with Crippen molar-refractivity contribution in [3.63, 3.8) is 0 Å². The van der Waals surface area contributed by atoms with Gasteiger partial charge in [-0.05, 0) is 31.5 Å². The summed E-state index contributed by atoms with van der Waals surface area (Å²) in [4.78, 5) is 25.2. The lowest BCUT2D eigenvalue weighted by atomic mass is 10.2. The Morgan fingerprint density at radius 1 is 1.24 bits per heavy atom. The smallest absolute Gasteiger partial charge is 0.332 e. The van der Waals surface area contributed by atoms with E-state index < -0.39 is 17.9 Å². The number of likely N-dealkylation sites (N-methyl/N-ethyl adjacent to an activating group) is 1. The number of esters is 1. The first kappa shape index (κ1) is 17.0. The molecule has 6 heteroatoms. The molecule has 1 aromatic rings. The first-order chi connectivity index (χ1) is 10.0. The molecular formula is C15H22N2O4. The SMILES string of the molecule is CCOC(=O)C(N)C(=O)N(CC)Cc1ccc(OC)cc1. The zero-order chi connectivity index (χ0) is 15.8. The Labute approximate surface area is 124 Å². The molecule has 0 aliphatic carbocycles. The monoisotopic (exact) mass is 294 g/mol. The summed E-state index contributed by atoms with van der Waals surface area (Å²) in [7, 11) is 1.59. The Hall–Kier alpha value is -2.08. The van der Waals surface area contributed by atoms with Gasteiger partial charge in [0.2, 0.25) is 0 Å². The zero-order valence-electron chi connectivity index (χ0n) is 12.7. The quantitative estimate of drug-likeness (QED) is 0.597.